The number of nitrogens with zero attached hydrogens (tertiary/aromatic N) is 1. The van der Waals surface area contributed by atoms with E-state index in [4.69, 9.17) is 0 Å². The summed E-state index contributed by atoms with van der Waals surface area (Å²) in [5, 5.41) is 13.3. The molecule has 0 unspecified atom stereocenters. The second-order valence-corrected chi connectivity index (χ2v) is 5.78. The molecular formula is C16H24N2O2. The van der Waals surface area contributed by atoms with Crippen molar-refractivity contribution >= 4 is 5.91 Å². The van der Waals surface area contributed by atoms with Crippen LogP contribution in [-0.2, 0) is 11.2 Å². The van der Waals surface area contributed by atoms with Crippen molar-refractivity contribution in [3.63, 3.8) is 0 Å². The average molecular weight is 276 g/mol. The van der Waals surface area contributed by atoms with Crippen LogP contribution in [0.25, 0.3) is 0 Å². The van der Waals surface area contributed by atoms with E-state index in [1.807, 2.05) is 12.1 Å². The number of nitrogens with one attached hydrogen (secondary N) is 1. The van der Waals surface area contributed by atoms with Crippen LogP contribution in [0.2, 0.25) is 0 Å². The molecule has 0 radical (unpaired) electrons. The van der Waals surface area contributed by atoms with Gasteiger partial charge in [-0.1, -0.05) is 31.7 Å². The van der Waals surface area contributed by atoms with E-state index in [1.165, 1.54) is 12.8 Å². The summed E-state index contributed by atoms with van der Waals surface area (Å²) < 4.78 is 0. The second kappa shape index (κ2) is 7.39. The summed E-state index contributed by atoms with van der Waals surface area (Å²) in [6.07, 6.45) is 10.8. The Morgan fingerprint density at radius 1 is 1.30 bits per heavy atom. The zero-order valence-corrected chi connectivity index (χ0v) is 12.0. The van der Waals surface area contributed by atoms with Crippen molar-refractivity contribution < 1.29 is 9.90 Å². The molecule has 0 bridgehead atoms. The molecular weight excluding hydrogens is 252 g/mol. The largest absolute Gasteiger partial charge is 0.388 e. The van der Waals surface area contributed by atoms with Gasteiger partial charge in [0.25, 0.3) is 0 Å². The van der Waals surface area contributed by atoms with Gasteiger partial charge in [-0.05, 0) is 30.9 Å². The van der Waals surface area contributed by atoms with Crippen molar-refractivity contribution in [1.29, 1.82) is 0 Å². The Morgan fingerprint density at radius 3 is 2.70 bits per heavy atom. The standard InChI is InChI=1S/C16H24N2O2/c19-15(8-7-14-6-5-11-17-12-14)18-13-16(20)9-3-1-2-4-10-16/h5-6,11-12,20H,1-4,7-10,13H2,(H,18,19). The van der Waals surface area contributed by atoms with Gasteiger partial charge in [0.15, 0.2) is 0 Å². The molecule has 1 aliphatic rings. The minimum absolute atomic E-state index is 0.00604. The molecule has 0 saturated heterocycles. The maximum absolute atomic E-state index is 11.8. The van der Waals surface area contributed by atoms with Crippen molar-refractivity contribution in [2.45, 2.75) is 57.0 Å². The third kappa shape index (κ3) is 4.93. The molecule has 1 aliphatic carbocycles. The quantitative estimate of drug-likeness (QED) is 0.811. The molecule has 4 nitrogen and oxygen atoms in total. The first kappa shape index (κ1) is 15.0. The summed E-state index contributed by atoms with van der Waals surface area (Å²) in [5.41, 5.74) is 0.372. The summed E-state index contributed by atoms with van der Waals surface area (Å²) >= 11 is 0. The van der Waals surface area contributed by atoms with E-state index in [-0.39, 0.29) is 5.91 Å². The first-order valence-electron chi connectivity index (χ1n) is 7.56. The number of aliphatic hydroxyl groups is 1. The number of aromatic nitrogens is 1. The van der Waals surface area contributed by atoms with Gasteiger partial charge < -0.3 is 10.4 Å². The third-order valence-electron chi connectivity index (χ3n) is 4.01. The van der Waals surface area contributed by atoms with Gasteiger partial charge in [-0.2, -0.15) is 0 Å². The number of carbonyl (C=O) groups excluding carboxylic acids is 1. The topological polar surface area (TPSA) is 62.2 Å². The maximum Gasteiger partial charge on any atom is 0.220 e. The van der Waals surface area contributed by atoms with Gasteiger partial charge in [0.2, 0.25) is 5.91 Å². The monoisotopic (exact) mass is 276 g/mol. The number of carbonyl (C=O) groups is 1. The molecule has 110 valence electrons. The van der Waals surface area contributed by atoms with E-state index >= 15 is 0 Å². The molecule has 0 aromatic carbocycles. The van der Waals surface area contributed by atoms with Gasteiger partial charge in [-0.3, -0.25) is 9.78 Å². The Morgan fingerprint density at radius 2 is 2.05 bits per heavy atom. The number of amides is 1. The fourth-order valence-corrected chi connectivity index (χ4v) is 2.72. The molecule has 1 aromatic rings. The summed E-state index contributed by atoms with van der Waals surface area (Å²) in [4.78, 5) is 15.9. The predicted octanol–water partition coefficient (Wildman–Crippen LogP) is 2.22. The fraction of sp³-hybridized carbons (Fsp3) is 0.625. The highest BCUT2D eigenvalue weighted by molar-refractivity contribution is 5.76. The molecule has 1 aromatic heterocycles. The van der Waals surface area contributed by atoms with Gasteiger partial charge in [-0.25, -0.2) is 0 Å². The van der Waals surface area contributed by atoms with Gasteiger partial charge in [0.05, 0.1) is 5.60 Å². The molecule has 2 N–H and O–H groups in total. The van der Waals surface area contributed by atoms with Gasteiger partial charge in [0.1, 0.15) is 0 Å². The normalized spacial score (nSPS) is 18.2. The van der Waals surface area contributed by atoms with Crippen LogP contribution in [0.1, 0.15) is 50.5 Å². The lowest BCUT2D eigenvalue weighted by molar-refractivity contribution is -0.122. The van der Waals surface area contributed by atoms with Crippen LogP contribution in [0.5, 0.6) is 0 Å². The molecule has 2 rings (SSSR count). The zero-order chi connectivity index (χ0) is 14.3. The molecule has 1 fully saturated rings. The zero-order valence-electron chi connectivity index (χ0n) is 12.0. The summed E-state index contributed by atoms with van der Waals surface area (Å²) in [5.74, 6) is 0.00604. The van der Waals surface area contributed by atoms with Crippen LogP contribution >= 0.6 is 0 Å². The van der Waals surface area contributed by atoms with Gasteiger partial charge in [0, 0.05) is 25.4 Å². The summed E-state index contributed by atoms with van der Waals surface area (Å²) in [7, 11) is 0. The van der Waals surface area contributed by atoms with Crippen LogP contribution in [0.15, 0.2) is 24.5 Å². The molecule has 4 heteroatoms. The van der Waals surface area contributed by atoms with Crippen LogP contribution in [0.3, 0.4) is 0 Å². The van der Waals surface area contributed by atoms with Crippen molar-refractivity contribution in [3.8, 4) is 0 Å². The number of pyridine rings is 1. The summed E-state index contributed by atoms with van der Waals surface area (Å²) in [6.45, 7) is 0.388. The Bertz CT molecular complexity index is 412. The van der Waals surface area contributed by atoms with Crippen molar-refractivity contribution in [2.75, 3.05) is 6.54 Å². The van der Waals surface area contributed by atoms with Gasteiger partial charge in [-0.15, -0.1) is 0 Å². The average Bonchev–Trinajstić information content (AvgIpc) is 2.69. The first-order valence-corrected chi connectivity index (χ1v) is 7.56. The number of hydrogen-bond acceptors (Lipinski definition) is 3. The lowest BCUT2D eigenvalue weighted by atomic mass is 9.94. The van der Waals surface area contributed by atoms with Crippen LogP contribution in [0, 0.1) is 0 Å². The van der Waals surface area contributed by atoms with E-state index < -0.39 is 5.60 Å². The molecule has 0 atom stereocenters. The highest BCUT2D eigenvalue weighted by Gasteiger charge is 2.28. The molecule has 1 saturated carbocycles. The highest BCUT2D eigenvalue weighted by Crippen LogP contribution is 2.26. The van der Waals surface area contributed by atoms with Crippen molar-refractivity contribution in [1.82, 2.24) is 10.3 Å². The molecule has 0 spiro atoms. The van der Waals surface area contributed by atoms with E-state index in [0.29, 0.717) is 19.4 Å². The molecule has 1 heterocycles. The lowest BCUT2D eigenvalue weighted by Crippen LogP contribution is -2.42. The van der Waals surface area contributed by atoms with Crippen LogP contribution in [0.4, 0.5) is 0 Å². The van der Waals surface area contributed by atoms with Crippen LogP contribution < -0.4 is 5.32 Å². The minimum atomic E-state index is -0.694. The Labute approximate surface area is 120 Å². The Balaban J connectivity index is 1.71. The number of aryl methyl sites for hydroxylation is 1. The fourth-order valence-electron chi connectivity index (χ4n) is 2.72. The summed E-state index contributed by atoms with van der Waals surface area (Å²) in [6, 6.07) is 3.85. The highest BCUT2D eigenvalue weighted by atomic mass is 16.3. The smallest absolute Gasteiger partial charge is 0.220 e. The number of hydrogen-bond donors (Lipinski definition) is 2. The third-order valence-corrected chi connectivity index (χ3v) is 4.01. The Kier molecular flexibility index (Phi) is 5.53. The lowest BCUT2D eigenvalue weighted by Gasteiger charge is -2.26. The SMILES string of the molecule is O=C(CCc1cccnc1)NCC1(O)CCCCCC1. The number of rotatable bonds is 5. The second-order valence-electron chi connectivity index (χ2n) is 5.78. The molecule has 20 heavy (non-hydrogen) atoms. The van der Waals surface area contributed by atoms with Crippen molar-refractivity contribution in [2.24, 2.45) is 0 Å². The van der Waals surface area contributed by atoms with E-state index in [9.17, 15) is 9.90 Å². The molecule has 0 aliphatic heterocycles. The van der Waals surface area contributed by atoms with E-state index in [2.05, 4.69) is 10.3 Å². The minimum Gasteiger partial charge on any atom is -0.388 e. The maximum atomic E-state index is 11.8. The predicted molar refractivity (Wildman–Crippen MR) is 78.2 cm³/mol. The Hall–Kier alpha value is -1.42. The molecule has 1 amide bonds. The van der Waals surface area contributed by atoms with Gasteiger partial charge >= 0.3 is 0 Å². The van der Waals surface area contributed by atoms with E-state index in [0.717, 1.165) is 31.2 Å². The van der Waals surface area contributed by atoms with E-state index in [1.54, 1.807) is 12.4 Å². The van der Waals surface area contributed by atoms with Crippen LogP contribution in [-0.4, -0.2) is 28.1 Å². The van der Waals surface area contributed by atoms with Crippen molar-refractivity contribution in [3.05, 3.63) is 30.1 Å². The first-order chi connectivity index (χ1) is 9.68.